The Balaban J connectivity index is 5.19. The first-order valence-electron chi connectivity index (χ1n) is 33.5. The Labute approximate surface area is 505 Å². The molecule has 0 saturated heterocycles. The molecular weight excluding hydrogens is 1100 g/mol. The molecule has 0 bridgehead atoms. The number of esters is 4. The number of phosphoric acid groups is 2. The number of unbranched alkanes of at least 4 members (excludes halogenated alkanes) is 32. The SMILES string of the molecule is CCCCCCCCCCCCCC(=O)O[C@H](COC(=O)CCCCCCC)COP(=O)(O)OC[C@H](O)COP(=O)(O)OC[C@@H](COC(=O)CCCCCCCCCCCCC(C)C)OC(=O)CCCCCCCCCCCCC(C)CC. The first kappa shape index (κ1) is 81.1. The molecule has 0 rings (SSSR count). The van der Waals surface area contributed by atoms with Crippen molar-refractivity contribution in [2.45, 2.75) is 336 Å². The van der Waals surface area contributed by atoms with E-state index in [2.05, 4.69) is 41.5 Å². The van der Waals surface area contributed by atoms with Gasteiger partial charge >= 0.3 is 39.5 Å². The molecule has 6 atom stereocenters. The molecule has 0 radical (unpaired) electrons. The van der Waals surface area contributed by atoms with Gasteiger partial charge in [-0.1, -0.05) is 266 Å². The van der Waals surface area contributed by atoms with Crippen molar-refractivity contribution in [1.82, 2.24) is 0 Å². The van der Waals surface area contributed by atoms with Crippen molar-refractivity contribution in [2.75, 3.05) is 39.6 Å². The Morgan fingerprint density at radius 3 is 0.916 bits per heavy atom. The summed E-state index contributed by atoms with van der Waals surface area (Å²) in [6.07, 6.45) is 39.1. The summed E-state index contributed by atoms with van der Waals surface area (Å²) in [6.45, 7) is 9.43. The van der Waals surface area contributed by atoms with Crippen molar-refractivity contribution < 1.29 is 80.2 Å². The predicted octanol–water partition coefficient (Wildman–Crippen LogP) is 17.7. The molecule has 0 aliphatic carbocycles. The van der Waals surface area contributed by atoms with E-state index in [0.717, 1.165) is 108 Å². The maximum atomic E-state index is 13.0. The van der Waals surface area contributed by atoms with Gasteiger partial charge in [-0.15, -0.1) is 0 Å². The first-order chi connectivity index (χ1) is 39.9. The summed E-state index contributed by atoms with van der Waals surface area (Å²) in [4.78, 5) is 72.0. The van der Waals surface area contributed by atoms with Gasteiger partial charge in [0, 0.05) is 25.7 Å². The Bertz CT molecular complexity index is 1630. The zero-order chi connectivity index (χ0) is 61.5. The third kappa shape index (κ3) is 57.6. The molecule has 0 saturated carbocycles. The molecule has 0 aromatic heterocycles. The maximum Gasteiger partial charge on any atom is 0.472 e. The third-order valence-corrected chi connectivity index (χ3v) is 17.0. The van der Waals surface area contributed by atoms with E-state index in [1.807, 2.05) is 0 Å². The topological polar surface area (TPSA) is 237 Å². The quantitative estimate of drug-likeness (QED) is 0.0222. The van der Waals surface area contributed by atoms with Gasteiger partial charge in [0.2, 0.25) is 0 Å². The molecule has 83 heavy (non-hydrogen) atoms. The summed E-state index contributed by atoms with van der Waals surface area (Å²) in [6, 6.07) is 0. The highest BCUT2D eigenvalue weighted by Gasteiger charge is 2.30. The number of hydrogen-bond donors (Lipinski definition) is 3. The van der Waals surface area contributed by atoms with Crippen LogP contribution in [0.5, 0.6) is 0 Å². The summed E-state index contributed by atoms with van der Waals surface area (Å²) in [5.41, 5.74) is 0. The van der Waals surface area contributed by atoms with Gasteiger partial charge in [0.25, 0.3) is 0 Å². The van der Waals surface area contributed by atoms with Crippen LogP contribution in [0, 0.1) is 11.8 Å². The minimum absolute atomic E-state index is 0.106. The average molecular weight is 1230 g/mol. The van der Waals surface area contributed by atoms with E-state index in [9.17, 15) is 43.2 Å². The predicted molar refractivity (Wildman–Crippen MR) is 331 cm³/mol. The lowest BCUT2D eigenvalue weighted by atomic mass is 9.99. The van der Waals surface area contributed by atoms with Gasteiger partial charge in [-0.2, -0.15) is 0 Å². The van der Waals surface area contributed by atoms with Crippen LogP contribution in [-0.4, -0.2) is 96.7 Å². The molecule has 0 aliphatic heterocycles. The van der Waals surface area contributed by atoms with Crippen LogP contribution in [0.4, 0.5) is 0 Å². The molecule has 0 heterocycles. The van der Waals surface area contributed by atoms with Crippen molar-refractivity contribution in [3.05, 3.63) is 0 Å². The minimum Gasteiger partial charge on any atom is -0.462 e. The Morgan fingerprint density at radius 2 is 0.614 bits per heavy atom. The van der Waals surface area contributed by atoms with E-state index in [4.69, 9.17) is 37.0 Å². The summed E-state index contributed by atoms with van der Waals surface area (Å²) in [5, 5.41) is 10.5. The Kier molecular flexibility index (Phi) is 55.2. The van der Waals surface area contributed by atoms with Gasteiger partial charge in [0.15, 0.2) is 12.2 Å². The fourth-order valence-electron chi connectivity index (χ4n) is 9.50. The van der Waals surface area contributed by atoms with Crippen molar-refractivity contribution in [3.63, 3.8) is 0 Å². The van der Waals surface area contributed by atoms with Crippen LogP contribution in [0.1, 0.15) is 318 Å². The number of carbonyl (C=O) groups excluding carboxylic acids is 4. The minimum atomic E-state index is -4.94. The molecule has 3 unspecified atom stereocenters. The molecular formula is C64H124O17P2. The second-order valence-electron chi connectivity index (χ2n) is 23.9. The van der Waals surface area contributed by atoms with Crippen LogP contribution >= 0.6 is 15.6 Å². The average Bonchev–Trinajstić information content (AvgIpc) is 3.47. The molecule has 0 aromatic carbocycles. The highest BCUT2D eigenvalue weighted by atomic mass is 31.2. The molecule has 492 valence electrons. The standard InChI is InChI=1S/C64H124O17P2/c1-7-10-12-14-15-16-17-25-30-36-42-48-63(68)80-59(52-74-61(66)46-40-32-13-11-8-2)54-78-82(70,71)76-50-58(65)51-77-83(72,73)79-55-60(53-75-62(67)47-41-35-29-24-20-18-22-27-33-38-44-56(4)5)81-64(69)49-43-37-31-26-21-19-23-28-34-39-45-57(6)9-3/h56-60,65H,7-55H2,1-6H3,(H,70,71)(H,72,73)/t57?,58-,59+,60+/m0/s1. The number of ether oxygens (including phenoxy) is 4. The second-order valence-corrected chi connectivity index (χ2v) is 26.8. The van der Waals surface area contributed by atoms with E-state index >= 15 is 0 Å². The molecule has 0 aliphatic rings. The molecule has 0 aromatic rings. The van der Waals surface area contributed by atoms with Crippen LogP contribution in [0.3, 0.4) is 0 Å². The maximum absolute atomic E-state index is 13.0. The number of aliphatic hydroxyl groups excluding tert-OH is 1. The van der Waals surface area contributed by atoms with E-state index < -0.39 is 97.5 Å². The van der Waals surface area contributed by atoms with E-state index in [-0.39, 0.29) is 25.7 Å². The lowest BCUT2D eigenvalue weighted by molar-refractivity contribution is -0.161. The summed E-state index contributed by atoms with van der Waals surface area (Å²) in [5.74, 6) is -0.582. The zero-order valence-corrected chi connectivity index (χ0v) is 55.3. The van der Waals surface area contributed by atoms with Crippen molar-refractivity contribution in [3.8, 4) is 0 Å². The van der Waals surface area contributed by atoms with E-state index in [0.29, 0.717) is 25.7 Å². The van der Waals surface area contributed by atoms with Crippen LogP contribution in [0.25, 0.3) is 0 Å². The molecule has 19 heteroatoms. The molecule has 0 spiro atoms. The molecule has 3 N–H and O–H groups in total. The number of rotatable bonds is 63. The second kappa shape index (κ2) is 56.6. The highest BCUT2D eigenvalue weighted by molar-refractivity contribution is 7.47. The molecule has 0 fully saturated rings. The zero-order valence-electron chi connectivity index (χ0n) is 53.5. The highest BCUT2D eigenvalue weighted by Crippen LogP contribution is 2.45. The first-order valence-corrected chi connectivity index (χ1v) is 36.5. The summed E-state index contributed by atoms with van der Waals surface area (Å²) < 4.78 is 67.8. The number of carbonyl (C=O) groups is 4. The molecule has 0 amide bonds. The monoisotopic (exact) mass is 1230 g/mol. The van der Waals surface area contributed by atoms with Crippen LogP contribution in [0.15, 0.2) is 0 Å². The van der Waals surface area contributed by atoms with Crippen LogP contribution in [0.2, 0.25) is 0 Å². The fourth-order valence-corrected chi connectivity index (χ4v) is 11.1. The van der Waals surface area contributed by atoms with Gasteiger partial charge in [0.1, 0.15) is 19.3 Å². The van der Waals surface area contributed by atoms with Gasteiger partial charge in [-0.05, 0) is 37.5 Å². The van der Waals surface area contributed by atoms with Gasteiger partial charge in [-0.3, -0.25) is 37.3 Å². The lowest BCUT2D eigenvalue weighted by Crippen LogP contribution is -2.30. The van der Waals surface area contributed by atoms with Crippen LogP contribution < -0.4 is 0 Å². The third-order valence-electron chi connectivity index (χ3n) is 15.1. The van der Waals surface area contributed by atoms with Crippen molar-refractivity contribution >= 4 is 39.5 Å². The van der Waals surface area contributed by atoms with E-state index in [1.54, 1.807) is 0 Å². The number of aliphatic hydroxyl groups is 1. The Morgan fingerprint density at radius 1 is 0.349 bits per heavy atom. The van der Waals surface area contributed by atoms with Crippen molar-refractivity contribution in [1.29, 1.82) is 0 Å². The number of hydrogen-bond acceptors (Lipinski definition) is 15. The summed E-state index contributed by atoms with van der Waals surface area (Å²) in [7, 11) is -9.88. The van der Waals surface area contributed by atoms with Crippen LogP contribution in [-0.2, 0) is 65.4 Å². The van der Waals surface area contributed by atoms with Crippen molar-refractivity contribution in [2.24, 2.45) is 11.8 Å². The largest absolute Gasteiger partial charge is 0.472 e. The summed E-state index contributed by atoms with van der Waals surface area (Å²) >= 11 is 0. The fraction of sp³-hybridized carbons (Fsp3) is 0.938. The lowest BCUT2D eigenvalue weighted by Gasteiger charge is -2.21. The normalized spacial score (nSPS) is 14.6. The van der Waals surface area contributed by atoms with Gasteiger partial charge in [0.05, 0.1) is 26.4 Å². The number of phosphoric ester groups is 2. The van der Waals surface area contributed by atoms with E-state index in [1.165, 1.54) is 128 Å². The smallest absolute Gasteiger partial charge is 0.462 e. The molecule has 17 nitrogen and oxygen atoms in total. The van der Waals surface area contributed by atoms with Gasteiger partial charge in [-0.25, -0.2) is 9.13 Å². The van der Waals surface area contributed by atoms with Gasteiger partial charge < -0.3 is 33.8 Å². The Hall–Kier alpha value is -1.94.